The summed E-state index contributed by atoms with van der Waals surface area (Å²) >= 11 is 3.49. The molecule has 2 atom stereocenters. The highest BCUT2D eigenvalue weighted by Gasteiger charge is 2.32. The summed E-state index contributed by atoms with van der Waals surface area (Å²) in [4.78, 5) is 2.49. The Balaban J connectivity index is 2.07. The Labute approximate surface area is 137 Å². The number of nitrogens with two attached hydrogens (primary N) is 1. The van der Waals surface area contributed by atoms with E-state index in [-0.39, 0.29) is 5.54 Å². The van der Waals surface area contributed by atoms with Crippen LogP contribution < -0.4 is 5.73 Å². The molecule has 1 heterocycles. The van der Waals surface area contributed by atoms with Gasteiger partial charge in [-0.15, -0.1) is 0 Å². The summed E-state index contributed by atoms with van der Waals surface area (Å²) in [6.45, 7) is 8.04. The van der Waals surface area contributed by atoms with Crippen molar-refractivity contribution in [3.8, 4) is 0 Å². The first-order valence-corrected chi connectivity index (χ1v) is 8.68. The highest BCUT2D eigenvalue weighted by Crippen LogP contribution is 2.24. The molecule has 1 aliphatic rings. The van der Waals surface area contributed by atoms with E-state index >= 15 is 0 Å². The van der Waals surface area contributed by atoms with Gasteiger partial charge < -0.3 is 10.5 Å². The van der Waals surface area contributed by atoms with Crippen LogP contribution in [0.1, 0.15) is 32.3 Å². The molecule has 21 heavy (non-hydrogen) atoms. The van der Waals surface area contributed by atoms with Gasteiger partial charge in [-0.05, 0) is 50.4 Å². The lowest BCUT2D eigenvalue weighted by molar-refractivity contribution is 0.0309. The van der Waals surface area contributed by atoms with Gasteiger partial charge in [0.05, 0.1) is 6.10 Å². The second kappa shape index (κ2) is 7.73. The maximum atomic E-state index is 6.14. The van der Waals surface area contributed by atoms with Crippen LogP contribution in [0.5, 0.6) is 0 Å². The predicted molar refractivity (Wildman–Crippen MR) is 91.5 cm³/mol. The molecule has 0 amide bonds. The molecule has 0 saturated carbocycles. The molecular weight excluding hydrogens is 328 g/mol. The van der Waals surface area contributed by atoms with Crippen LogP contribution in [-0.4, -0.2) is 42.8 Å². The fourth-order valence-corrected chi connectivity index (χ4v) is 3.38. The number of hydrogen-bond donors (Lipinski definition) is 1. The van der Waals surface area contributed by atoms with Crippen molar-refractivity contribution >= 4 is 15.9 Å². The Morgan fingerprint density at radius 3 is 2.62 bits per heavy atom. The van der Waals surface area contributed by atoms with Gasteiger partial charge in [0.25, 0.3) is 0 Å². The number of ether oxygens (including phenoxy) is 1. The molecule has 1 saturated heterocycles. The molecule has 118 valence electrons. The van der Waals surface area contributed by atoms with Gasteiger partial charge in [-0.1, -0.05) is 35.0 Å². The smallest absolute Gasteiger partial charge is 0.0703 e. The van der Waals surface area contributed by atoms with Gasteiger partial charge in [0.15, 0.2) is 0 Å². The monoisotopic (exact) mass is 354 g/mol. The minimum Gasteiger partial charge on any atom is -0.377 e. The van der Waals surface area contributed by atoms with Crippen molar-refractivity contribution in [1.82, 2.24) is 4.90 Å². The third kappa shape index (κ3) is 4.52. The van der Waals surface area contributed by atoms with Crippen molar-refractivity contribution in [3.63, 3.8) is 0 Å². The molecule has 1 aromatic carbocycles. The summed E-state index contributed by atoms with van der Waals surface area (Å²) in [5.41, 5.74) is 7.45. The molecule has 2 unspecified atom stereocenters. The zero-order valence-electron chi connectivity index (χ0n) is 13.1. The lowest BCUT2D eigenvalue weighted by Gasteiger charge is -2.41. The Morgan fingerprint density at radius 1 is 1.38 bits per heavy atom. The van der Waals surface area contributed by atoms with Crippen LogP contribution in [0.4, 0.5) is 0 Å². The summed E-state index contributed by atoms with van der Waals surface area (Å²) in [5.74, 6) is 0. The van der Waals surface area contributed by atoms with E-state index in [2.05, 4.69) is 58.9 Å². The lowest BCUT2D eigenvalue weighted by Crippen LogP contribution is -2.55. The van der Waals surface area contributed by atoms with Crippen molar-refractivity contribution < 1.29 is 4.74 Å². The first kappa shape index (κ1) is 16.9. The topological polar surface area (TPSA) is 38.5 Å². The van der Waals surface area contributed by atoms with Crippen molar-refractivity contribution in [2.24, 2.45) is 5.73 Å². The lowest BCUT2D eigenvalue weighted by atomic mass is 9.90. The fraction of sp³-hybridized carbons (Fsp3) is 0.647. The summed E-state index contributed by atoms with van der Waals surface area (Å²) in [6.07, 6.45) is 3.71. The molecular formula is C17H27BrN2O. The Bertz CT molecular complexity index is 431. The minimum absolute atomic E-state index is 0.0193. The third-order valence-electron chi connectivity index (χ3n) is 4.53. The zero-order valence-corrected chi connectivity index (χ0v) is 14.7. The Hall–Kier alpha value is -0.420. The van der Waals surface area contributed by atoms with Crippen LogP contribution in [0.25, 0.3) is 0 Å². The Morgan fingerprint density at radius 2 is 2.10 bits per heavy atom. The van der Waals surface area contributed by atoms with E-state index < -0.39 is 0 Å². The van der Waals surface area contributed by atoms with Crippen LogP contribution in [0.15, 0.2) is 28.7 Å². The summed E-state index contributed by atoms with van der Waals surface area (Å²) < 4.78 is 6.92. The van der Waals surface area contributed by atoms with Crippen LogP contribution in [0.3, 0.4) is 0 Å². The molecule has 2 N–H and O–H groups in total. The molecule has 1 aromatic rings. The predicted octanol–water partition coefficient (Wildman–Crippen LogP) is 3.21. The van der Waals surface area contributed by atoms with Crippen LogP contribution >= 0.6 is 15.9 Å². The first-order valence-electron chi connectivity index (χ1n) is 7.88. The molecule has 1 fully saturated rings. The van der Waals surface area contributed by atoms with Gasteiger partial charge in [0.2, 0.25) is 0 Å². The highest BCUT2D eigenvalue weighted by molar-refractivity contribution is 9.10. The largest absolute Gasteiger partial charge is 0.377 e. The number of hydrogen-bond acceptors (Lipinski definition) is 3. The third-order valence-corrected chi connectivity index (χ3v) is 5.06. The van der Waals surface area contributed by atoms with Crippen molar-refractivity contribution in [3.05, 3.63) is 34.3 Å². The van der Waals surface area contributed by atoms with Crippen molar-refractivity contribution in [2.45, 2.75) is 44.8 Å². The molecule has 0 aliphatic carbocycles. The molecule has 0 bridgehead atoms. The SMILES string of the molecule is CCN(CC1CCCO1)C(C)(CN)Cc1ccc(Br)cc1. The van der Waals surface area contributed by atoms with Gasteiger partial charge in [0.1, 0.15) is 0 Å². The van der Waals surface area contributed by atoms with Gasteiger partial charge >= 0.3 is 0 Å². The second-order valence-corrected chi connectivity index (χ2v) is 7.09. The summed E-state index contributed by atoms with van der Waals surface area (Å²) in [6, 6.07) is 8.56. The maximum absolute atomic E-state index is 6.14. The van der Waals surface area contributed by atoms with Crippen LogP contribution in [-0.2, 0) is 11.2 Å². The normalized spacial score (nSPS) is 21.7. The average molecular weight is 355 g/mol. The molecule has 0 radical (unpaired) electrons. The summed E-state index contributed by atoms with van der Waals surface area (Å²) in [7, 11) is 0. The fourth-order valence-electron chi connectivity index (χ4n) is 3.12. The maximum Gasteiger partial charge on any atom is 0.0703 e. The quantitative estimate of drug-likeness (QED) is 0.816. The minimum atomic E-state index is -0.0193. The van der Waals surface area contributed by atoms with Gasteiger partial charge in [-0.25, -0.2) is 0 Å². The highest BCUT2D eigenvalue weighted by atomic mass is 79.9. The molecule has 4 heteroatoms. The average Bonchev–Trinajstić information content (AvgIpc) is 3.00. The number of nitrogens with zero attached hydrogens (tertiary/aromatic N) is 1. The zero-order chi connectivity index (χ0) is 15.3. The standard InChI is InChI=1S/C17H27BrN2O/c1-3-20(12-16-5-4-10-21-16)17(2,13-19)11-14-6-8-15(18)9-7-14/h6-9,16H,3-5,10-13,19H2,1-2H3. The molecule has 0 aromatic heterocycles. The van der Waals surface area contributed by atoms with E-state index in [1.54, 1.807) is 0 Å². The van der Waals surface area contributed by atoms with Crippen molar-refractivity contribution in [2.75, 3.05) is 26.2 Å². The van der Waals surface area contributed by atoms with Crippen LogP contribution in [0.2, 0.25) is 0 Å². The number of rotatable bonds is 7. The van der Waals surface area contributed by atoms with E-state index in [0.717, 1.165) is 30.6 Å². The van der Waals surface area contributed by atoms with Gasteiger partial charge in [0, 0.05) is 29.7 Å². The second-order valence-electron chi connectivity index (χ2n) is 6.18. The van der Waals surface area contributed by atoms with E-state index in [0.29, 0.717) is 12.6 Å². The molecule has 3 nitrogen and oxygen atoms in total. The molecule has 1 aliphatic heterocycles. The van der Waals surface area contributed by atoms with Gasteiger partial charge in [-0.2, -0.15) is 0 Å². The number of likely N-dealkylation sites (N-methyl/N-ethyl adjacent to an activating group) is 1. The van der Waals surface area contributed by atoms with Gasteiger partial charge in [-0.3, -0.25) is 4.90 Å². The Kier molecular flexibility index (Phi) is 6.23. The number of halogens is 1. The van der Waals surface area contributed by atoms with Crippen LogP contribution in [0, 0.1) is 0 Å². The van der Waals surface area contributed by atoms with Crippen molar-refractivity contribution in [1.29, 1.82) is 0 Å². The summed E-state index contributed by atoms with van der Waals surface area (Å²) in [5, 5.41) is 0. The molecule has 2 rings (SSSR count). The molecule has 0 spiro atoms. The number of benzene rings is 1. The van der Waals surface area contributed by atoms with E-state index in [1.165, 1.54) is 18.4 Å². The van der Waals surface area contributed by atoms with E-state index in [1.807, 2.05) is 0 Å². The van der Waals surface area contributed by atoms with E-state index in [9.17, 15) is 0 Å². The van der Waals surface area contributed by atoms with E-state index in [4.69, 9.17) is 10.5 Å². The first-order chi connectivity index (χ1) is 10.1.